The lowest BCUT2D eigenvalue weighted by Crippen LogP contribution is -2.35. The summed E-state index contributed by atoms with van der Waals surface area (Å²) in [6, 6.07) is 12.5. The summed E-state index contributed by atoms with van der Waals surface area (Å²) in [5.41, 5.74) is 3.87. The number of benzene rings is 2. The van der Waals surface area contributed by atoms with Gasteiger partial charge in [0.2, 0.25) is 11.8 Å². The number of nitrogens with one attached hydrogen (secondary N) is 2. The van der Waals surface area contributed by atoms with Crippen LogP contribution in [0.3, 0.4) is 0 Å². The van der Waals surface area contributed by atoms with Crippen LogP contribution in [0.15, 0.2) is 42.5 Å². The van der Waals surface area contributed by atoms with Crippen LogP contribution in [0.2, 0.25) is 0 Å². The molecule has 2 N–H and O–H groups in total. The zero-order valence-corrected chi connectivity index (χ0v) is 16.4. The van der Waals surface area contributed by atoms with Crippen LogP contribution >= 0.6 is 0 Å². The van der Waals surface area contributed by atoms with Gasteiger partial charge in [-0.2, -0.15) is 0 Å². The summed E-state index contributed by atoms with van der Waals surface area (Å²) in [5, 5.41) is 5.72. The first-order valence-corrected chi connectivity index (χ1v) is 9.37. The van der Waals surface area contributed by atoms with Gasteiger partial charge in [0.1, 0.15) is 0 Å². The molecule has 0 bridgehead atoms. The summed E-state index contributed by atoms with van der Waals surface area (Å²) in [7, 11) is 1.59. The van der Waals surface area contributed by atoms with Crippen molar-refractivity contribution in [3.05, 3.63) is 59.2 Å². The number of carbonyl (C=O) groups is 3. The van der Waals surface area contributed by atoms with Crippen LogP contribution in [-0.4, -0.2) is 36.2 Å². The molecule has 28 heavy (non-hydrogen) atoms. The van der Waals surface area contributed by atoms with Crippen molar-refractivity contribution in [3.8, 4) is 0 Å². The maximum atomic E-state index is 12.6. The zero-order chi connectivity index (χ0) is 20.3. The number of para-hydroxylation sites is 1. The van der Waals surface area contributed by atoms with Crippen LogP contribution in [0.4, 0.5) is 11.4 Å². The largest absolute Gasteiger partial charge is 0.332 e. The molecular formula is C22H25N3O3. The quantitative estimate of drug-likeness (QED) is 0.808. The third-order valence-corrected chi connectivity index (χ3v) is 4.82. The minimum Gasteiger partial charge on any atom is -0.332 e. The monoisotopic (exact) mass is 379 g/mol. The Labute approximate surface area is 164 Å². The highest BCUT2D eigenvalue weighted by Gasteiger charge is 2.29. The second-order valence-electron chi connectivity index (χ2n) is 7.32. The maximum absolute atomic E-state index is 12.6. The first kappa shape index (κ1) is 19.6. The SMILES string of the molecule is Cc1cccc(C)c1NC(=O)CN(C)C(=O)c1ccc(NC(=O)C2CC2)cc1. The van der Waals surface area contributed by atoms with Gasteiger partial charge < -0.3 is 15.5 Å². The molecule has 0 aliphatic heterocycles. The van der Waals surface area contributed by atoms with Crippen molar-refractivity contribution >= 4 is 29.1 Å². The van der Waals surface area contributed by atoms with Crippen molar-refractivity contribution in [2.24, 2.45) is 5.92 Å². The Balaban J connectivity index is 1.57. The average Bonchev–Trinajstić information content (AvgIpc) is 3.50. The molecule has 1 saturated carbocycles. The van der Waals surface area contributed by atoms with E-state index in [0.717, 1.165) is 29.7 Å². The molecule has 1 aliphatic rings. The van der Waals surface area contributed by atoms with Crippen LogP contribution in [-0.2, 0) is 9.59 Å². The predicted octanol–water partition coefficient (Wildman–Crippen LogP) is 3.36. The molecule has 2 aromatic carbocycles. The molecule has 146 valence electrons. The normalized spacial score (nSPS) is 13.0. The lowest BCUT2D eigenvalue weighted by Gasteiger charge is -2.18. The zero-order valence-electron chi connectivity index (χ0n) is 16.4. The number of likely N-dealkylation sites (N-methyl/N-ethyl adjacent to an activating group) is 1. The molecule has 0 atom stereocenters. The Morgan fingerprint density at radius 2 is 1.57 bits per heavy atom. The molecule has 1 fully saturated rings. The second-order valence-corrected chi connectivity index (χ2v) is 7.32. The van der Waals surface area contributed by atoms with E-state index in [0.29, 0.717) is 11.3 Å². The van der Waals surface area contributed by atoms with E-state index in [1.54, 1.807) is 31.3 Å². The van der Waals surface area contributed by atoms with Crippen molar-refractivity contribution in [2.75, 3.05) is 24.2 Å². The van der Waals surface area contributed by atoms with E-state index in [1.807, 2.05) is 32.0 Å². The summed E-state index contributed by atoms with van der Waals surface area (Å²) in [6.07, 6.45) is 1.88. The summed E-state index contributed by atoms with van der Waals surface area (Å²) in [5.74, 6) is -0.347. The topological polar surface area (TPSA) is 78.5 Å². The van der Waals surface area contributed by atoms with Crippen molar-refractivity contribution in [3.63, 3.8) is 0 Å². The van der Waals surface area contributed by atoms with E-state index in [9.17, 15) is 14.4 Å². The minimum absolute atomic E-state index is 0.0272. The maximum Gasteiger partial charge on any atom is 0.254 e. The molecule has 6 heteroatoms. The minimum atomic E-state index is -0.253. The molecule has 0 heterocycles. The van der Waals surface area contributed by atoms with Gasteiger partial charge in [-0.3, -0.25) is 14.4 Å². The van der Waals surface area contributed by atoms with Crippen LogP contribution < -0.4 is 10.6 Å². The van der Waals surface area contributed by atoms with Gasteiger partial charge >= 0.3 is 0 Å². The molecule has 6 nitrogen and oxygen atoms in total. The second kappa shape index (κ2) is 8.25. The third-order valence-electron chi connectivity index (χ3n) is 4.82. The Morgan fingerprint density at radius 3 is 2.14 bits per heavy atom. The van der Waals surface area contributed by atoms with Gasteiger partial charge in [-0.15, -0.1) is 0 Å². The summed E-state index contributed by atoms with van der Waals surface area (Å²) >= 11 is 0. The van der Waals surface area contributed by atoms with E-state index in [1.165, 1.54) is 4.90 Å². The summed E-state index contributed by atoms with van der Waals surface area (Å²) < 4.78 is 0. The molecule has 3 amide bonds. The number of rotatable bonds is 6. The number of anilines is 2. The lowest BCUT2D eigenvalue weighted by molar-refractivity contribution is -0.117. The van der Waals surface area contributed by atoms with Crippen molar-refractivity contribution in [2.45, 2.75) is 26.7 Å². The fraction of sp³-hybridized carbons (Fsp3) is 0.318. The molecule has 0 unspecified atom stereocenters. The van der Waals surface area contributed by atoms with Gasteiger partial charge in [0.15, 0.2) is 0 Å². The van der Waals surface area contributed by atoms with Crippen molar-refractivity contribution in [1.29, 1.82) is 0 Å². The number of carbonyl (C=O) groups excluding carboxylic acids is 3. The Hall–Kier alpha value is -3.15. The van der Waals surface area contributed by atoms with Gasteiger partial charge in [-0.25, -0.2) is 0 Å². The molecule has 0 aromatic heterocycles. The molecule has 0 radical (unpaired) electrons. The molecule has 0 saturated heterocycles. The number of hydrogen-bond acceptors (Lipinski definition) is 3. The smallest absolute Gasteiger partial charge is 0.254 e. The van der Waals surface area contributed by atoms with E-state index in [-0.39, 0.29) is 30.2 Å². The van der Waals surface area contributed by atoms with E-state index < -0.39 is 0 Å². The van der Waals surface area contributed by atoms with Crippen LogP contribution in [0.5, 0.6) is 0 Å². The van der Waals surface area contributed by atoms with Crippen LogP contribution in [0.1, 0.15) is 34.3 Å². The number of aryl methyl sites for hydroxylation is 2. The fourth-order valence-electron chi connectivity index (χ4n) is 2.98. The first-order valence-electron chi connectivity index (χ1n) is 9.37. The molecule has 2 aromatic rings. The lowest BCUT2D eigenvalue weighted by atomic mass is 10.1. The van der Waals surface area contributed by atoms with Gasteiger partial charge in [-0.05, 0) is 62.1 Å². The van der Waals surface area contributed by atoms with Gasteiger partial charge in [0, 0.05) is 29.9 Å². The fourth-order valence-corrected chi connectivity index (χ4v) is 2.98. The first-order chi connectivity index (χ1) is 13.3. The highest BCUT2D eigenvalue weighted by atomic mass is 16.2. The van der Waals surface area contributed by atoms with E-state index in [4.69, 9.17) is 0 Å². The van der Waals surface area contributed by atoms with E-state index in [2.05, 4.69) is 10.6 Å². The van der Waals surface area contributed by atoms with Crippen LogP contribution in [0.25, 0.3) is 0 Å². The summed E-state index contributed by atoms with van der Waals surface area (Å²) in [4.78, 5) is 38.1. The van der Waals surface area contributed by atoms with Gasteiger partial charge in [-0.1, -0.05) is 18.2 Å². The predicted molar refractivity (Wildman–Crippen MR) is 109 cm³/mol. The number of hydrogen-bond donors (Lipinski definition) is 2. The van der Waals surface area contributed by atoms with Gasteiger partial charge in [0.25, 0.3) is 5.91 Å². The third kappa shape index (κ3) is 4.76. The standard InChI is InChI=1S/C22H25N3O3/c1-14-5-4-6-15(2)20(14)24-19(26)13-25(3)22(28)17-9-11-18(12-10-17)23-21(27)16-7-8-16/h4-6,9-12,16H,7-8,13H2,1-3H3,(H,23,27)(H,24,26). The Kier molecular flexibility index (Phi) is 5.78. The molecule has 0 spiro atoms. The highest BCUT2D eigenvalue weighted by Crippen LogP contribution is 2.30. The Bertz CT molecular complexity index is 881. The average molecular weight is 379 g/mol. The van der Waals surface area contributed by atoms with Crippen LogP contribution in [0, 0.1) is 19.8 Å². The summed E-state index contributed by atoms with van der Waals surface area (Å²) in [6.45, 7) is 3.81. The Morgan fingerprint density at radius 1 is 0.964 bits per heavy atom. The van der Waals surface area contributed by atoms with Crippen molar-refractivity contribution in [1.82, 2.24) is 4.90 Å². The number of amides is 3. The van der Waals surface area contributed by atoms with Gasteiger partial charge in [0.05, 0.1) is 6.54 Å². The molecular weight excluding hydrogens is 354 g/mol. The van der Waals surface area contributed by atoms with E-state index >= 15 is 0 Å². The highest BCUT2D eigenvalue weighted by molar-refractivity contribution is 6.00. The number of nitrogens with zero attached hydrogens (tertiary/aromatic N) is 1. The molecule has 1 aliphatic carbocycles. The molecule has 3 rings (SSSR count). The van der Waals surface area contributed by atoms with Crippen molar-refractivity contribution < 1.29 is 14.4 Å².